The van der Waals surface area contributed by atoms with E-state index in [4.69, 9.17) is 4.74 Å². The molecule has 2 heterocycles. The van der Waals surface area contributed by atoms with Crippen LogP contribution in [0.5, 0.6) is 0 Å². The first-order valence-corrected chi connectivity index (χ1v) is 14.1. The van der Waals surface area contributed by atoms with Crippen LogP contribution < -0.4 is 5.32 Å². The fraction of sp³-hybridized carbons (Fsp3) is 0.710. The van der Waals surface area contributed by atoms with Gasteiger partial charge < -0.3 is 9.64 Å². The molecule has 2 aliphatic carbocycles. The average molecular weight is 479 g/mol. The number of amides is 1. The molecule has 2 aliphatic heterocycles. The van der Waals surface area contributed by atoms with Gasteiger partial charge in [-0.15, -0.1) is 0 Å². The van der Waals surface area contributed by atoms with Gasteiger partial charge in [0, 0.05) is 25.3 Å². The van der Waals surface area contributed by atoms with Crippen molar-refractivity contribution in [3.05, 3.63) is 46.0 Å². The second kappa shape index (κ2) is 9.34. The largest absolute Gasteiger partial charge is 0.376 e. The number of ether oxygens (including phenoxy) is 1. The summed E-state index contributed by atoms with van der Waals surface area (Å²) < 4.78 is 5.90. The number of rotatable bonds is 6. The SMILES string of the molecule is CC1=C(C)[C@H](NC[C@]2(C)CCC[C@]3(C)c4ccc(C(C)C)cc4CC[C@@H]23)N(C[C@H]2CCCO2)C1=O. The Morgan fingerprint density at radius 1 is 1.14 bits per heavy atom. The third-order valence-corrected chi connectivity index (χ3v) is 10.2. The van der Waals surface area contributed by atoms with Gasteiger partial charge in [-0.05, 0) is 97.3 Å². The minimum absolute atomic E-state index is 0.00110. The summed E-state index contributed by atoms with van der Waals surface area (Å²) in [7, 11) is 0. The average Bonchev–Trinajstić information content (AvgIpc) is 3.41. The van der Waals surface area contributed by atoms with Gasteiger partial charge in [0.25, 0.3) is 5.91 Å². The standard InChI is InChI=1S/C31H46N2O2/c1-20(2)23-10-12-26-24(17-23)11-13-27-30(5,14-8-15-31(26,27)6)19-32-28-21(3)22(4)29(34)33(28)18-25-9-7-16-35-25/h10,12,17,20,25,27-28,32H,7-9,11,13-16,18-19H2,1-6H3/t25-,27+,28-,30+,31-/m1/s1. The fourth-order valence-corrected chi connectivity index (χ4v) is 7.94. The molecular formula is C31H46N2O2. The second-order valence-corrected chi connectivity index (χ2v) is 12.8. The Morgan fingerprint density at radius 3 is 2.66 bits per heavy atom. The van der Waals surface area contributed by atoms with Gasteiger partial charge in [-0.2, -0.15) is 0 Å². The van der Waals surface area contributed by atoms with E-state index < -0.39 is 0 Å². The molecule has 1 saturated heterocycles. The Bertz CT molecular complexity index is 1010. The van der Waals surface area contributed by atoms with E-state index in [1.165, 1.54) is 43.2 Å². The van der Waals surface area contributed by atoms with E-state index in [1.807, 2.05) is 6.92 Å². The quantitative estimate of drug-likeness (QED) is 0.538. The van der Waals surface area contributed by atoms with E-state index in [0.29, 0.717) is 18.4 Å². The number of aryl methyl sites for hydroxylation is 1. The molecule has 4 aliphatic rings. The molecular weight excluding hydrogens is 432 g/mol. The molecule has 0 spiro atoms. The van der Waals surface area contributed by atoms with Gasteiger partial charge in [-0.25, -0.2) is 0 Å². The van der Waals surface area contributed by atoms with Crippen molar-refractivity contribution >= 4 is 5.91 Å². The normalized spacial score (nSPS) is 35.1. The lowest BCUT2D eigenvalue weighted by Crippen LogP contribution is -2.56. The molecule has 0 aromatic heterocycles. The summed E-state index contributed by atoms with van der Waals surface area (Å²) in [5.74, 6) is 1.42. The second-order valence-electron chi connectivity index (χ2n) is 12.8. The summed E-state index contributed by atoms with van der Waals surface area (Å²) in [5, 5.41) is 3.92. The fourth-order valence-electron chi connectivity index (χ4n) is 7.94. The van der Waals surface area contributed by atoms with Gasteiger partial charge >= 0.3 is 0 Å². The lowest BCUT2D eigenvalue weighted by molar-refractivity contribution is -0.129. The van der Waals surface area contributed by atoms with Crippen molar-refractivity contribution in [1.82, 2.24) is 10.2 Å². The first-order valence-electron chi connectivity index (χ1n) is 14.1. The van der Waals surface area contributed by atoms with Crippen LogP contribution in [0.25, 0.3) is 0 Å². The van der Waals surface area contributed by atoms with E-state index in [0.717, 1.165) is 31.6 Å². The maximum absolute atomic E-state index is 13.1. The molecule has 5 atom stereocenters. The maximum Gasteiger partial charge on any atom is 0.251 e. The van der Waals surface area contributed by atoms with Crippen LogP contribution in [0, 0.1) is 11.3 Å². The van der Waals surface area contributed by atoms with E-state index in [-0.39, 0.29) is 29.0 Å². The first kappa shape index (κ1) is 25.0. The Balaban J connectivity index is 1.36. The molecule has 2 fully saturated rings. The van der Waals surface area contributed by atoms with Crippen LogP contribution in [0.4, 0.5) is 0 Å². The van der Waals surface area contributed by atoms with Crippen LogP contribution in [0.3, 0.4) is 0 Å². The number of carbonyl (C=O) groups is 1. The molecule has 0 bridgehead atoms. The zero-order valence-corrected chi connectivity index (χ0v) is 22.9. The molecule has 1 saturated carbocycles. The Labute approximate surface area is 212 Å². The summed E-state index contributed by atoms with van der Waals surface area (Å²) in [6, 6.07) is 7.34. The lowest BCUT2D eigenvalue weighted by atomic mass is 9.49. The highest BCUT2D eigenvalue weighted by molar-refractivity contribution is 5.97. The predicted octanol–water partition coefficient (Wildman–Crippen LogP) is 6.09. The molecule has 0 radical (unpaired) electrons. The van der Waals surface area contributed by atoms with Crippen molar-refractivity contribution in [3.8, 4) is 0 Å². The molecule has 4 heteroatoms. The molecule has 1 amide bonds. The van der Waals surface area contributed by atoms with Crippen molar-refractivity contribution in [2.24, 2.45) is 11.3 Å². The molecule has 192 valence electrons. The Kier molecular flexibility index (Phi) is 6.68. The van der Waals surface area contributed by atoms with Gasteiger partial charge in [0.15, 0.2) is 0 Å². The van der Waals surface area contributed by atoms with Gasteiger partial charge in [-0.1, -0.05) is 52.3 Å². The zero-order valence-electron chi connectivity index (χ0n) is 22.9. The number of hydrogen-bond donors (Lipinski definition) is 1. The summed E-state index contributed by atoms with van der Waals surface area (Å²) in [6.45, 7) is 16.3. The minimum atomic E-state index is 0.00110. The van der Waals surface area contributed by atoms with Gasteiger partial charge in [0.1, 0.15) is 6.17 Å². The topological polar surface area (TPSA) is 41.6 Å². The number of carbonyl (C=O) groups excluding carboxylic acids is 1. The smallest absolute Gasteiger partial charge is 0.251 e. The molecule has 4 nitrogen and oxygen atoms in total. The van der Waals surface area contributed by atoms with Crippen LogP contribution in [-0.4, -0.2) is 42.8 Å². The number of hydrogen-bond acceptors (Lipinski definition) is 3. The van der Waals surface area contributed by atoms with E-state index >= 15 is 0 Å². The number of benzene rings is 1. The van der Waals surface area contributed by atoms with Crippen LogP contribution in [-0.2, 0) is 21.4 Å². The molecule has 1 aromatic carbocycles. The molecule has 35 heavy (non-hydrogen) atoms. The number of nitrogens with one attached hydrogen (secondary N) is 1. The highest BCUT2D eigenvalue weighted by Gasteiger charge is 2.52. The van der Waals surface area contributed by atoms with Gasteiger partial charge in [0.05, 0.1) is 6.10 Å². The first-order chi connectivity index (χ1) is 16.6. The molecule has 1 aromatic rings. The van der Waals surface area contributed by atoms with E-state index in [9.17, 15) is 4.79 Å². The van der Waals surface area contributed by atoms with Crippen molar-refractivity contribution in [2.75, 3.05) is 19.7 Å². The number of nitrogens with zero attached hydrogens (tertiary/aromatic N) is 1. The van der Waals surface area contributed by atoms with Gasteiger partial charge in [0.2, 0.25) is 0 Å². The summed E-state index contributed by atoms with van der Waals surface area (Å²) in [5.41, 5.74) is 7.22. The van der Waals surface area contributed by atoms with Gasteiger partial charge in [-0.3, -0.25) is 10.1 Å². The monoisotopic (exact) mass is 478 g/mol. The minimum Gasteiger partial charge on any atom is -0.376 e. The lowest BCUT2D eigenvalue weighted by Gasteiger charge is -2.56. The number of fused-ring (bicyclic) bond motifs is 3. The molecule has 0 unspecified atom stereocenters. The van der Waals surface area contributed by atoms with Crippen molar-refractivity contribution in [2.45, 2.75) is 110 Å². The third kappa shape index (κ3) is 4.29. The maximum atomic E-state index is 13.1. The van der Waals surface area contributed by atoms with Crippen LogP contribution >= 0.6 is 0 Å². The molecule has 5 rings (SSSR count). The highest BCUT2D eigenvalue weighted by atomic mass is 16.5. The van der Waals surface area contributed by atoms with Crippen molar-refractivity contribution < 1.29 is 9.53 Å². The van der Waals surface area contributed by atoms with E-state index in [1.54, 1.807) is 11.1 Å². The zero-order chi connectivity index (χ0) is 25.0. The van der Waals surface area contributed by atoms with Crippen LogP contribution in [0.15, 0.2) is 29.3 Å². The van der Waals surface area contributed by atoms with Crippen molar-refractivity contribution in [1.29, 1.82) is 0 Å². The van der Waals surface area contributed by atoms with Crippen LogP contribution in [0.1, 0.15) is 103 Å². The summed E-state index contributed by atoms with van der Waals surface area (Å²) >= 11 is 0. The van der Waals surface area contributed by atoms with Crippen LogP contribution in [0.2, 0.25) is 0 Å². The molecule has 1 N–H and O–H groups in total. The van der Waals surface area contributed by atoms with Crippen molar-refractivity contribution in [3.63, 3.8) is 0 Å². The third-order valence-electron chi connectivity index (χ3n) is 10.2. The Morgan fingerprint density at radius 2 is 1.94 bits per heavy atom. The van der Waals surface area contributed by atoms with E-state index in [2.05, 4.69) is 63.0 Å². The highest BCUT2D eigenvalue weighted by Crippen LogP contribution is 2.57. The summed E-state index contributed by atoms with van der Waals surface area (Å²) in [6.07, 6.45) is 8.62. The Hall–Kier alpha value is -1.65. The predicted molar refractivity (Wildman–Crippen MR) is 143 cm³/mol. The summed E-state index contributed by atoms with van der Waals surface area (Å²) in [4.78, 5) is 15.2.